The number of morpholine rings is 1. The lowest BCUT2D eigenvalue weighted by molar-refractivity contribution is -0.0447. The van der Waals surface area contributed by atoms with Crippen molar-refractivity contribution < 1.29 is 19.4 Å². The highest BCUT2D eigenvalue weighted by Gasteiger charge is 2.38. The molecule has 0 aromatic carbocycles. The third kappa shape index (κ3) is 2.27. The van der Waals surface area contributed by atoms with Crippen LogP contribution in [0.3, 0.4) is 0 Å². The molecule has 1 aromatic rings. The predicted molar refractivity (Wildman–Crippen MR) is 69.6 cm³/mol. The van der Waals surface area contributed by atoms with E-state index in [2.05, 4.69) is 4.98 Å². The average molecular weight is 276 g/mol. The number of nitrogens with zero attached hydrogens (tertiary/aromatic N) is 2. The van der Waals surface area contributed by atoms with E-state index in [4.69, 9.17) is 9.84 Å². The maximum atomic E-state index is 12.5. The number of hydrogen-bond acceptors (Lipinski definition) is 4. The first-order chi connectivity index (χ1) is 9.66. The standard InChI is InChI=1S/C14H16N2O4/c17-13(10-5-4-9(8-15-10)14(18)19)16-6-7-20-12-3-1-2-11(12)16/h4-5,8,11-12H,1-3,6-7H2,(H,18,19). The number of fused-ring (bicyclic) bond motifs is 1. The second kappa shape index (κ2) is 5.20. The van der Waals surface area contributed by atoms with Gasteiger partial charge in [-0.25, -0.2) is 4.79 Å². The van der Waals surface area contributed by atoms with Crippen LogP contribution in [0.4, 0.5) is 0 Å². The fourth-order valence-electron chi connectivity index (χ4n) is 2.97. The van der Waals surface area contributed by atoms with E-state index in [1.165, 1.54) is 18.3 Å². The summed E-state index contributed by atoms with van der Waals surface area (Å²) in [6, 6.07) is 3.03. The molecule has 6 nitrogen and oxygen atoms in total. The first kappa shape index (κ1) is 13.1. The summed E-state index contributed by atoms with van der Waals surface area (Å²) >= 11 is 0. The van der Waals surface area contributed by atoms with Crippen LogP contribution in [0.1, 0.15) is 40.1 Å². The Labute approximate surface area is 116 Å². The van der Waals surface area contributed by atoms with Gasteiger partial charge in [-0.15, -0.1) is 0 Å². The second-order valence-corrected chi connectivity index (χ2v) is 5.14. The number of ether oxygens (including phenoxy) is 1. The molecule has 1 amide bonds. The zero-order valence-corrected chi connectivity index (χ0v) is 11.0. The van der Waals surface area contributed by atoms with Gasteiger partial charge in [0.05, 0.1) is 24.3 Å². The lowest BCUT2D eigenvalue weighted by Gasteiger charge is -2.37. The molecule has 1 saturated heterocycles. The highest BCUT2D eigenvalue weighted by Crippen LogP contribution is 2.30. The molecule has 0 radical (unpaired) electrons. The molecule has 0 spiro atoms. The lowest BCUT2D eigenvalue weighted by atomic mass is 10.1. The quantitative estimate of drug-likeness (QED) is 0.877. The molecule has 1 aromatic heterocycles. The number of carbonyl (C=O) groups is 2. The van der Waals surface area contributed by atoms with Gasteiger partial charge < -0.3 is 14.7 Å². The summed E-state index contributed by atoms with van der Waals surface area (Å²) in [6.07, 6.45) is 4.40. The minimum absolute atomic E-state index is 0.0854. The molecule has 6 heteroatoms. The summed E-state index contributed by atoms with van der Waals surface area (Å²) in [5, 5.41) is 8.83. The summed E-state index contributed by atoms with van der Waals surface area (Å²) in [5.74, 6) is -1.18. The zero-order chi connectivity index (χ0) is 14.1. The average Bonchev–Trinajstić information content (AvgIpc) is 2.95. The van der Waals surface area contributed by atoms with Crippen LogP contribution < -0.4 is 0 Å². The van der Waals surface area contributed by atoms with Gasteiger partial charge in [0.25, 0.3) is 5.91 Å². The summed E-state index contributed by atoms with van der Waals surface area (Å²) < 4.78 is 5.68. The van der Waals surface area contributed by atoms with Crippen molar-refractivity contribution in [2.45, 2.75) is 31.4 Å². The molecule has 1 aliphatic carbocycles. The Morgan fingerprint density at radius 3 is 2.90 bits per heavy atom. The molecule has 106 valence electrons. The molecular formula is C14H16N2O4. The Hall–Kier alpha value is -1.95. The number of aromatic nitrogens is 1. The maximum Gasteiger partial charge on any atom is 0.337 e. The van der Waals surface area contributed by atoms with Crippen molar-refractivity contribution in [2.24, 2.45) is 0 Å². The van der Waals surface area contributed by atoms with Gasteiger partial charge in [-0.2, -0.15) is 0 Å². The number of aromatic carboxylic acids is 1. The zero-order valence-electron chi connectivity index (χ0n) is 11.0. The highest BCUT2D eigenvalue weighted by atomic mass is 16.5. The van der Waals surface area contributed by atoms with Gasteiger partial charge in [-0.3, -0.25) is 9.78 Å². The summed E-state index contributed by atoms with van der Waals surface area (Å²) in [7, 11) is 0. The molecule has 2 aliphatic rings. The van der Waals surface area contributed by atoms with E-state index < -0.39 is 5.97 Å². The van der Waals surface area contributed by atoms with Gasteiger partial charge in [0, 0.05) is 12.7 Å². The highest BCUT2D eigenvalue weighted by molar-refractivity contribution is 5.94. The van der Waals surface area contributed by atoms with Crippen molar-refractivity contribution in [2.75, 3.05) is 13.2 Å². The topological polar surface area (TPSA) is 79.7 Å². The van der Waals surface area contributed by atoms with Crippen molar-refractivity contribution >= 4 is 11.9 Å². The van der Waals surface area contributed by atoms with Crippen LogP contribution in [0.15, 0.2) is 18.3 Å². The first-order valence-corrected chi connectivity index (χ1v) is 6.79. The van der Waals surface area contributed by atoms with Crippen molar-refractivity contribution in [3.63, 3.8) is 0 Å². The summed E-state index contributed by atoms with van der Waals surface area (Å²) in [6.45, 7) is 1.13. The van der Waals surface area contributed by atoms with Gasteiger partial charge in [0.2, 0.25) is 0 Å². The van der Waals surface area contributed by atoms with E-state index in [9.17, 15) is 9.59 Å². The summed E-state index contributed by atoms with van der Waals surface area (Å²) in [5.41, 5.74) is 0.379. The fraction of sp³-hybridized carbons (Fsp3) is 0.500. The molecule has 1 saturated carbocycles. The second-order valence-electron chi connectivity index (χ2n) is 5.14. The Morgan fingerprint density at radius 1 is 1.35 bits per heavy atom. The number of pyridine rings is 1. The van der Waals surface area contributed by atoms with E-state index in [1.54, 1.807) is 0 Å². The van der Waals surface area contributed by atoms with Crippen LogP contribution in [0.2, 0.25) is 0 Å². The van der Waals surface area contributed by atoms with Gasteiger partial charge in [-0.1, -0.05) is 0 Å². The smallest absolute Gasteiger partial charge is 0.337 e. The number of carboxylic acids is 1. The Kier molecular flexibility index (Phi) is 3.40. The monoisotopic (exact) mass is 276 g/mol. The molecule has 3 rings (SSSR count). The number of hydrogen-bond donors (Lipinski definition) is 1. The lowest BCUT2D eigenvalue weighted by Crippen LogP contribution is -2.51. The molecular weight excluding hydrogens is 260 g/mol. The number of carbonyl (C=O) groups excluding carboxylic acids is 1. The van der Waals surface area contributed by atoms with E-state index in [0.29, 0.717) is 18.8 Å². The van der Waals surface area contributed by atoms with Crippen LogP contribution >= 0.6 is 0 Å². The van der Waals surface area contributed by atoms with Crippen LogP contribution in [-0.2, 0) is 4.74 Å². The van der Waals surface area contributed by atoms with Crippen LogP contribution in [0, 0.1) is 0 Å². The Bertz CT molecular complexity index is 528. The molecule has 2 unspecified atom stereocenters. The fourth-order valence-corrected chi connectivity index (χ4v) is 2.97. The van der Waals surface area contributed by atoms with Gasteiger partial charge in [-0.05, 0) is 31.4 Å². The SMILES string of the molecule is O=C(O)c1ccc(C(=O)N2CCOC3CCCC32)nc1. The molecule has 20 heavy (non-hydrogen) atoms. The molecule has 2 fully saturated rings. The van der Waals surface area contributed by atoms with Crippen molar-refractivity contribution in [3.05, 3.63) is 29.6 Å². The molecule has 1 N–H and O–H groups in total. The maximum absolute atomic E-state index is 12.5. The molecule has 0 bridgehead atoms. The largest absolute Gasteiger partial charge is 0.478 e. The number of carboxylic acid groups (broad SMARTS) is 1. The van der Waals surface area contributed by atoms with Gasteiger partial charge in [0.1, 0.15) is 5.69 Å². The van der Waals surface area contributed by atoms with E-state index in [0.717, 1.165) is 19.3 Å². The van der Waals surface area contributed by atoms with Gasteiger partial charge >= 0.3 is 5.97 Å². The minimum atomic E-state index is -1.04. The van der Waals surface area contributed by atoms with Crippen molar-refractivity contribution in [1.82, 2.24) is 9.88 Å². The first-order valence-electron chi connectivity index (χ1n) is 6.79. The van der Waals surface area contributed by atoms with Crippen LogP contribution in [0.25, 0.3) is 0 Å². The summed E-state index contributed by atoms with van der Waals surface area (Å²) in [4.78, 5) is 29.1. The van der Waals surface area contributed by atoms with Crippen molar-refractivity contribution in [3.8, 4) is 0 Å². The number of rotatable bonds is 2. The molecule has 2 atom stereocenters. The van der Waals surface area contributed by atoms with E-state index in [1.807, 2.05) is 4.90 Å². The van der Waals surface area contributed by atoms with E-state index in [-0.39, 0.29) is 23.6 Å². The normalized spacial score (nSPS) is 25.3. The molecule has 1 aliphatic heterocycles. The minimum Gasteiger partial charge on any atom is -0.478 e. The number of amides is 1. The van der Waals surface area contributed by atoms with Gasteiger partial charge in [0.15, 0.2) is 0 Å². The van der Waals surface area contributed by atoms with E-state index >= 15 is 0 Å². The Balaban J connectivity index is 1.79. The van der Waals surface area contributed by atoms with Crippen molar-refractivity contribution in [1.29, 1.82) is 0 Å². The van der Waals surface area contributed by atoms with Crippen LogP contribution in [-0.4, -0.2) is 52.2 Å². The third-order valence-electron chi connectivity index (χ3n) is 3.97. The third-order valence-corrected chi connectivity index (χ3v) is 3.97. The van der Waals surface area contributed by atoms with Crippen LogP contribution in [0.5, 0.6) is 0 Å². The predicted octanol–water partition coefficient (Wildman–Crippen LogP) is 1.17. The Morgan fingerprint density at radius 2 is 2.20 bits per heavy atom. The molecule has 2 heterocycles.